The van der Waals surface area contributed by atoms with E-state index in [1.807, 2.05) is 0 Å². The molecule has 0 saturated carbocycles. The second kappa shape index (κ2) is 6.67. The molecule has 0 aromatic heterocycles. The molecule has 0 atom stereocenters. The molecule has 3 rings (SSSR count). The van der Waals surface area contributed by atoms with Gasteiger partial charge in [-0.2, -0.15) is 10.1 Å². The summed E-state index contributed by atoms with van der Waals surface area (Å²) in [6.45, 7) is 1.67. The lowest BCUT2D eigenvalue weighted by Crippen LogP contribution is -2.21. The topological polar surface area (TPSA) is 105 Å². The van der Waals surface area contributed by atoms with E-state index in [9.17, 15) is 20.0 Å². The molecule has 1 heterocycles. The van der Waals surface area contributed by atoms with Gasteiger partial charge in [0.1, 0.15) is 0 Å². The van der Waals surface area contributed by atoms with Crippen molar-refractivity contribution in [1.29, 1.82) is 0 Å². The quantitative estimate of drug-likeness (QED) is 0.516. The van der Waals surface area contributed by atoms with Crippen molar-refractivity contribution >= 4 is 29.1 Å². The molecule has 2 aromatic rings. The molecule has 1 aliphatic rings. The molecule has 8 heteroatoms. The zero-order valence-electron chi connectivity index (χ0n) is 14.0. The van der Waals surface area contributed by atoms with E-state index in [0.29, 0.717) is 28.3 Å². The van der Waals surface area contributed by atoms with Crippen molar-refractivity contribution in [3.63, 3.8) is 0 Å². The van der Waals surface area contributed by atoms with Crippen LogP contribution in [0.15, 0.2) is 53.1 Å². The summed E-state index contributed by atoms with van der Waals surface area (Å²) in [5, 5.41) is 26.3. The number of methoxy groups -OCH3 is 1. The minimum absolute atomic E-state index is 0.0711. The normalized spacial score (nSPS) is 15.3. The molecule has 0 aliphatic carbocycles. The molecule has 1 N–H and O–H groups in total. The van der Waals surface area contributed by atoms with Gasteiger partial charge < -0.3 is 9.84 Å². The largest absolute Gasteiger partial charge is 0.504 e. The van der Waals surface area contributed by atoms with Gasteiger partial charge in [0, 0.05) is 17.7 Å². The van der Waals surface area contributed by atoms with Gasteiger partial charge in [-0.1, -0.05) is 12.1 Å². The molecule has 2 aromatic carbocycles. The summed E-state index contributed by atoms with van der Waals surface area (Å²) in [5.74, 6) is -0.165. The molecule has 0 radical (unpaired) electrons. The number of hydrogen-bond donors (Lipinski definition) is 1. The molecule has 132 valence electrons. The summed E-state index contributed by atoms with van der Waals surface area (Å²) < 4.78 is 5.06. The number of nitrogens with zero attached hydrogens (tertiary/aromatic N) is 3. The van der Waals surface area contributed by atoms with Crippen molar-refractivity contribution < 1.29 is 19.6 Å². The lowest BCUT2D eigenvalue weighted by atomic mass is 10.1. The van der Waals surface area contributed by atoms with Gasteiger partial charge in [0.25, 0.3) is 11.6 Å². The van der Waals surface area contributed by atoms with Crippen LogP contribution in [0.25, 0.3) is 6.08 Å². The lowest BCUT2D eigenvalue weighted by molar-refractivity contribution is -0.384. The number of carbonyl (C=O) groups is 1. The van der Waals surface area contributed by atoms with E-state index in [-0.39, 0.29) is 11.4 Å². The number of non-ortho nitro benzene ring substituents is 1. The number of nitro benzene ring substituents is 1. The number of nitro groups is 1. The monoisotopic (exact) mass is 353 g/mol. The first-order valence-electron chi connectivity index (χ1n) is 7.64. The fourth-order valence-corrected chi connectivity index (χ4v) is 2.55. The number of phenolic OH excluding ortho intramolecular Hbond substituents is 1. The van der Waals surface area contributed by atoms with Crippen LogP contribution in [0.5, 0.6) is 11.5 Å². The van der Waals surface area contributed by atoms with Crippen molar-refractivity contribution in [3.05, 3.63) is 63.7 Å². The van der Waals surface area contributed by atoms with Crippen LogP contribution in [-0.4, -0.2) is 28.8 Å². The number of hydrogen-bond acceptors (Lipinski definition) is 6. The molecule has 0 fully saturated rings. The van der Waals surface area contributed by atoms with Crippen LogP contribution in [0.1, 0.15) is 12.5 Å². The van der Waals surface area contributed by atoms with Gasteiger partial charge in [-0.25, -0.2) is 0 Å². The van der Waals surface area contributed by atoms with Crippen molar-refractivity contribution in [3.8, 4) is 11.5 Å². The van der Waals surface area contributed by atoms with Crippen LogP contribution < -0.4 is 9.75 Å². The van der Waals surface area contributed by atoms with E-state index >= 15 is 0 Å². The van der Waals surface area contributed by atoms with Crippen molar-refractivity contribution in [2.24, 2.45) is 5.10 Å². The van der Waals surface area contributed by atoms with Crippen LogP contribution in [-0.2, 0) is 4.79 Å². The molecular formula is C18H15N3O5. The van der Waals surface area contributed by atoms with Crippen molar-refractivity contribution in [2.45, 2.75) is 6.92 Å². The van der Waals surface area contributed by atoms with E-state index in [1.165, 1.54) is 42.5 Å². The SMILES string of the molecule is COc1cccc(C=C2C(=O)N(c3ccc([N+](=O)[O-])cc3)N=C2C)c1O. The molecular weight excluding hydrogens is 338 g/mol. The predicted molar refractivity (Wildman–Crippen MR) is 96.3 cm³/mol. The van der Waals surface area contributed by atoms with E-state index < -0.39 is 10.8 Å². The average Bonchev–Trinajstić information content (AvgIpc) is 2.91. The van der Waals surface area contributed by atoms with E-state index in [0.717, 1.165) is 0 Å². The number of carbonyl (C=O) groups excluding carboxylic acids is 1. The second-order valence-electron chi connectivity index (χ2n) is 5.53. The summed E-state index contributed by atoms with van der Waals surface area (Å²) in [4.78, 5) is 22.9. The van der Waals surface area contributed by atoms with Gasteiger partial charge in [-0.3, -0.25) is 14.9 Å². The van der Waals surface area contributed by atoms with Crippen molar-refractivity contribution in [1.82, 2.24) is 0 Å². The summed E-state index contributed by atoms with van der Waals surface area (Å²) in [6, 6.07) is 10.5. The number of ether oxygens (including phenoxy) is 1. The second-order valence-corrected chi connectivity index (χ2v) is 5.53. The Morgan fingerprint density at radius 3 is 2.54 bits per heavy atom. The minimum Gasteiger partial charge on any atom is -0.504 e. The smallest absolute Gasteiger partial charge is 0.280 e. The maximum absolute atomic E-state index is 12.7. The Bertz CT molecular complexity index is 948. The Morgan fingerprint density at radius 2 is 1.92 bits per heavy atom. The van der Waals surface area contributed by atoms with Gasteiger partial charge in [-0.15, -0.1) is 0 Å². The Kier molecular flexibility index (Phi) is 4.40. The van der Waals surface area contributed by atoms with Crippen LogP contribution in [0.4, 0.5) is 11.4 Å². The first kappa shape index (κ1) is 17.2. The Balaban J connectivity index is 1.94. The third-order valence-corrected chi connectivity index (χ3v) is 3.92. The lowest BCUT2D eigenvalue weighted by Gasteiger charge is -2.11. The predicted octanol–water partition coefficient (Wildman–Crippen LogP) is 3.12. The van der Waals surface area contributed by atoms with E-state index in [4.69, 9.17) is 4.74 Å². The first-order valence-corrected chi connectivity index (χ1v) is 7.64. The van der Waals surface area contributed by atoms with Gasteiger partial charge in [-0.05, 0) is 31.2 Å². The van der Waals surface area contributed by atoms with Crippen molar-refractivity contribution in [2.75, 3.05) is 12.1 Å². The summed E-state index contributed by atoms with van der Waals surface area (Å²) >= 11 is 0. The molecule has 0 spiro atoms. The zero-order chi connectivity index (χ0) is 18.8. The highest BCUT2D eigenvalue weighted by molar-refractivity contribution is 6.32. The standard InChI is InChI=1S/C18H15N3O5/c1-11-15(10-12-4-3-5-16(26-2)17(12)22)18(23)20(19-11)13-6-8-14(9-7-13)21(24)25/h3-10,22H,1-2H3. The number of rotatable bonds is 4. The average molecular weight is 353 g/mol. The number of phenols is 1. The van der Waals surface area contributed by atoms with E-state index in [2.05, 4.69) is 5.10 Å². The summed E-state index contributed by atoms with van der Waals surface area (Å²) in [7, 11) is 1.44. The summed E-state index contributed by atoms with van der Waals surface area (Å²) in [6.07, 6.45) is 1.53. The zero-order valence-corrected chi connectivity index (χ0v) is 14.0. The number of para-hydroxylation sites is 1. The van der Waals surface area contributed by atoms with Crippen LogP contribution >= 0.6 is 0 Å². The van der Waals surface area contributed by atoms with E-state index in [1.54, 1.807) is 25.1 Å². The van der Waals surface area contributed by atoms with Gasteiger partial charge >= 0.3 is 0 Å². The van der Waals surface area contributed by atoms with Crippen LogP contribution in [0.2, 0.25) is 0 Å². The van der Waals surface area contributed by atoms with Crippen LogP contribution in [0, 0.1) is 10.1 Å². The highest BCUT2D eigenvalue weighted by Crippen LogP contribution is 2.33. The van der Waals surface area contributed by atoms with Gasteiger partial charge in [0.05, 0.1) is 29.0 Å². The fourth-order valence-electron chi connectivity index (χ4n) is 2.55. The number of anilines is 1. The maximum Gasteiger partial charge on any atom is 0.280 e. The molecule has 0 bridgehead atoms. The maximum atomic E-state index is 12.7. The highest BCUT2D eigenvalue weighted by atomic mass is 16.6. The Morgan fingerprint density at radius 1 is 1.23 bits per heavy atom. The number of benzene rings is 2. The Labute approximate surface area is 148 Å². The molecule has 0 unspecified atom stereocenters. The molecule has 26 heavy (non-hydrogen) atoms. The fraction of sp³-hybridized carbons (Fsp3) is 0.111. The van der Waals surface area contributed by atoms with Gasteiger partial charge in [0.2, 0.25) is 0 Å². The molecule has 1 aliphatic heterocycles. The third-order valence-electron chi connectivity index (χ3n) is 3.92. The number of hydrazone groups is 1. The van der Waals surface area contributed by atoms with Gasteiger partial charge in [0.15, 0.2) is 11.5 Å². The molecule has 8 nitrogen and oxygen atoms in total. The summed E-state index contributed by atoms with van der Waals surface area (Å²) in [5.41, 5.74) is 1.55. The number of aromatic hydroxyl groups is 1. The highest BCUT2D eigenvalue weighted by Gasteiger charge is 2.29. The Hall–Kier alpha value is -3.68. The van der Waals surface area contributed by atoms with Crippen LogP contribution in [0.3, 0.4) is 0 Å². The minimum atomic E-state index is -0.513. The third kappa shape index (κ3) is 3.00. The molecule has 0 saturated heterocycles. The molecule has 1 amide bonds. The number of amides is 1. The first-order chi connectivity index (χ1) is 12.4.